The average Bonchev–Trinajstić information content (AvgIpc) is 2.48. The molecule has 0 saturated heterocycles. The topological polar surface area (TPSA) is 15.3 Å². The van der Waals surface area contributed by atoms with Gasteiger partial charge in [0, 0.05) is 25.3 Å². The SMILES string of the molecule is CCNC(CN(C)c1ccccc1)c1ccccc1. The summed E-state index contributed by atoms with van der Waals surface area (Å²) in [6.07, 6.45) is 0. The molecule has 2 rings (SSSR count). The molecule has 1 atom stereocenters. The van der Waals surface area contributed by atoms with Gasteiger partial charge >= 0.3 is 0 Å². The molecule has 0 aliphatic rings. The lowest BCUT2D eigenvalue weighted by Gasteiger charge is -2.26. The van der Waals surface area contributed by atoms with E-state index in [9.17, 15) is 0 Å². The van der Waals surface area contributed by atoms with E-state index in [1.165, 1.54) is 11.3 Å². The van der Waals surface area contributed by atoms with Crippen LogP contribution in [0.25, 0.3) is 0 Å². The third-order valence-corrected chi connectivity index (χ3v) is 3.31. The molecule has 0 aromatic heterocycles. The molecule has 1 unspecified atom stereocenters. The minimum Gasteiger partial charge on any atom is -0.373 e. The van der Waals surface area contributed by atoms with E-state index in [-0.39, 0.29) is 0 Å². The number of likely N-dealkylation sites (N-methyl/N-ethyl adjacent to an activating group) is 2. The first-order valence-electron chi connectivity index (χ1n) is 6.85. The molecule has 100 valence electrons. The molecule has 0 amide bonds. The van der Waals surface area contributed by atoms with Crippen molar-refractivity contribution in [3.8, 4) is 0 Å². The molecule has 0 fully saturated rings. The highest BCUT2D eigenvalue weighted by Gasteiger charge is 2.12. The zero-order valence-electron chi connectivity index (χ0n) is 11.7. The molecule has 1 N–H and O–H groups in total. The number of nitrogens with zero attached hydrogens (tertiary/aromatic N) is 1. The summed E-state index contributed by atoms with van der Waals surface area (Å²) in [6, 6.07) is 21.5. The van der Waals surface area contributed by atoms with E-state index >= 15 is 0 Å². The highest BCUT2D eigenvalue weighted by molar-refractivity contribution is 5.45. The third-order valence-electron chi connectivity index (χ3n) is 3.31. The monoisotopic (exact) mass is 254 g/mol. The molecule has 2 nitrogen and oxygen atoms in total. The van der Waals surface area contributed by atoms with Gasteiger partial charge in [-0.3, -0.25) is 0 Å². The number of nitrogens with one attached hydrogen (secondary N) is 1. The summed E-state index contributed by atoms with van der Waals surface area (Å²) in [5, 5.41) is 3.56. The molecular formula is C17H22N2. The van der Waals surface area contributed by atoms with Gasteiger partial charge in [0.25, 0.3) is 0 Å². The fraction of sp³-hybridized carbons (Fsp3) is 0.294. The smallest absolute Gasteiger partial charge is 0.0498 e. The maximum Gasteiger partial charge on any atom is 0.0498 e. The lowest BCUT2D eigenvalue weighted by atomic mass is 10.1. The van der Waals surface area contributed by atoms with Crippen molar-refractivity contribution in [2.75, 3.05) is 25.0 Å². The maximum atomic E-state index is 3.56. The van der Waals surface area contributed by atoms with E-state index in [1.54, 1.807) is 0 Å². The zero-order valence-corrected chi connectivity index (χ0v) is 11.7. The van der Waals surface area contributed by atoms with Gasteiger partial charge in [0.1, 0.15) is 0 Å². The van der Waals surface area contributed by atoms with Crippen molar-refractivity contribution >= 4 is 5.69 Å². The molecule has 0 radical (unpaired) electrons. The largest absolute Gasteiger partial charge is 0.373 e. The Kier molecular flexibility index (Phi) is 4.99. The second-order valence-electron chi connectivity index (χ2n) is 4.74. The van der Waals surface area contributed by atoms with Gasteiger partial charge in [0.15, 0.2) is 0 Å². The van der Waals surface area contributed by atoms with E-state index in [4.69, 9.17) is 0 Å². The fourth-order valence-electron chi connectivity index (χ4n) is 2.28. The summed E-state index contributed by atoms with van der Waals surface area (Å²) in [7, 11) is 2.14. The van der Waals surface area contributed by atoms with Crippen molar-refractivity contribution in [3.05, 3.63) is 66.2 Å². The van der Waals surface area contributed by atoms with Gasteiger partial charge in [0.2, 0.25) is 0 Å². The molecule has 19 heavy (non-hydrogen) atoms. The Morgan fingerprint density at radius 1 is 0.947 bits per heavy atom. The third kappa shape index (κ3) is 3.83. The number of para-hydroxylation sites is 1. The molecule has 2 aromatic carbocycles. The van der Waals surface area contributed by atoms with E-state index < -0.39 is 0 Å². The van der Waals surface area contributed by atoms with Gasteiger partial charge in [-0.2, -0.15) is 0 Å². The van der Waals surface area contributed by atoms with Crippen LogP contribution in [0.2, 0.25) is 0 Å². The number of hydrogen-bond donors (Lipinski definition) is 1. The summed E-state index contributed by atoms with van der Waals surface area (Å²) >= 11 is 0. The quantitative estimate of drug-likeness (QED) is 0.849. The number of hydrogen-bond acceptors (Lipinski definition) is 2. The van der Waals surface area contributed by atoms with Crippen molar-refractivity contribution in [1.82, 2.24) is 5.32 Å². The normalized spacial score (nSPS) is 12.1. The van der Waals surface area contributed by atoms with E-state index in [1.807, 2.05) is 0 Å². The summed E-state index contributed by atoms with van der Waals surface area (Å²) in [6.45, 7) is 4.09. The lowest BCUT2D eigenvalue weighted by molar-refractivity contribution is 0.550. The van der Waals surface area contributed by atoms with Crippen LogP contribution in [0.15, 0.2) is 60.7 Å². The summed E-state index contributed by atoms with van der Waals surface area (Å²) in [5.74, 6) is 0. The Bertz CT molecular complexity index is 467. The Morgan fingerprint density at radius 2 is 1.53 bits per heavy atom. The summed E-state index contributed by atoms with van der Waals surface area (Å²) in [4.78, 5) is 2.29. The summed E-state index contributed by atoms with van der Waals surface area (Å²) < 4.78 is 0. The zero-order chi connectivity index (χ0) is 13.5. The first kappa shape index (κ1) is 13.6. The number of anilines is 1. The van der Waals surface area contributed by atoms with Crippen molar-refractivity contribution in [3.63, 3.8) is 0 Å². The lowest BCUT2D eigenvalue weighted by Crippen LogP contribution is -2.33. The molecule has 0 saturated carbocycles. The van der Waals surface area contributed by atoms with Crippen LogP contribution in [-0.2, 0) is 0 Å². The molecule has 2 aromatic rings. The van der Waals surface area contributed by atoms with Crippen molar-refractivity contribution in [1.29, 1.82) is 0 Å². The predicted molar refractivity (Wildman–Crippen MR) is 82.6 cm³/mol. The molecule has 2 heteroatoms. The second-order valence-corrected chi connectivity index (χ2v) is 4.74. The Balaban J connectivity index is 2.09. The fourth-order valence-corrected chi connectivity index (χ4v) is 2.28. The van der Waals surface area contributed by atoms with Gasteiger partial charge in [-0.05, 0) is 24.2 Å². The van der Waals surface area contributed by atoms with Crippen molar-refractivity contribution < 1.29 is 0 Å². The van der Waals surface area contributed by atoms with Crippen LogP contribution in [0.5, 0.6) is 0 Å². The second kappa shape index (κ2) is 6.95. The Labute approximate surface area is 116 Å². The van der Waals surface area contributed by atoms with E-state index in [2.05, 4.69) is 84.9 Å². The van der Waals surface area contributed by atoms with E-state index in [0.717, 1.165) is 13.1 Å². The highest BCUT2D eigenvalue weighted by Crippen LogP contribution is 2.18. The van der Waals surface area contributed by atoms with Crippen molar-refractivity contribution in [2.45, 2.75) is 13.0 Å². The van der Waals surface area contributed by atoms with Gasteiger partial charge in [-0.15, -0.1) is 0 Å². The maximum absolute atomic E-state index is 3.56. The molecule has 0 heterocycles. The number of benzene rings is 2. The van der Waals surface area contributed by atoms with Crippen LogP contribution in [0, 0.1) is 0 Å². The Morgan fingerprint density at radius 3 is 2.11 bits per heavy atom. The standard InChI is InChI=1S/C17H22N2/c1-3-18-17(15-10-6-4-7-11-15)14-19(2)16-12-8-5-9-13-16/h4-13,17-18H,3,14H2,1-2H3. The van der Waals surface area contributed by atoms with Crippen molar-refractivity contribution in [2.24, 2.45) is 0 Å². The van der Waals surface area contributed by atoms with Crippen LogP contribution in [0.1, 0.15) is 18.5 Å². The van der Waals surface area contributed by atoms with Crippen LogP contribution in [0.3, 0.4) is 0 Å². The minimum absolute atomic E-state index is 0.358. The van der Waals surface area contributed by atoms with Crippen LogP contribution in [-0.4, -0.2) is 20.1 Å². The molecular weight excluding hydrogens is 232 g/mol. The van der Waals surface area contributed by atoms with Crippen LogP contribution >= 0.6 is 0 Å². The Hall–Kier alpha value is -1.80. The van der Waals surface area contributed by atoms with Crippen LogP contribution in [0.4, 0.5) is 5.69 Å². The average molecular weight is 254 g/mol. The van der Waals surface area contributed by atoms with E-state index in [0.29, 0.717) is 6.04 Å². The van der Waals surface area contributed by atoms with Crippen LogP contribution < -0.4 is 10.2 Å². The van der Waals surface area contributed by atoms with Gasteiger partial charge < -0.3 is 10.2 Å². The predicted octanol–water partition coefficient (Wildman–Crippen LogP) is 3.47. The highest BCUT2D eigenvalue weighted by atomic mass is 15.1. The van der Waals surface area contributed by atoms with Gasteiger partial charge in [0.05, 0.1) is 0 Å². The molecule has 0 aliphatic heterocycles. The first-order chi connectivity index (χ1) is 9.31. The minimum atomic E-state index is 0.358. The molecule has 0 spiro atoms. The molecule has 0 aliphatic carbocycles. The van der Waals surface area contributed by atoms with Gasteiger partial charge in [-0.25, -0.2) is 0 Å². The first-order valence-corrected chi connectivity index (χ1v) is 6.85. The number of rotatable bonds is 6. The summed E-state index contributed by atoms with van der Waals surface area (Å²) in [5.41, 5.74) is 2.59. The van der Waals surface area contributed by atoms with Gasteiger partial charge in [-0.1, -0.05) is 55.5 Å². The molecule has 0 bridgehead atoms.